The van der Waals surface area contributed by atoms with E-state index in [9.17, 15) is 13.2 Å². The Morgan fingerprint density at radius 1 is 0.958 bits per heavy atom. The maximum absolute atomic E-state index is 13.5. The van der Waals surface area contributed by atoms with Crippen LogP contribution in [-0.4, -0.2) is 12.7 Å². The van der Waals surface area contributed by atoms with Crippen LogP contribution >= 0.6 is 0 Å². The molecule has 0 aromatic heterocycles. The zero-order valence-electron chi connectivity index (χ0n) is 14.5. The maximum atomic E-state index is 13.5. The molecule has 1 saturated heterocycles. The standard InChI is InChI=1S/C20H27F3O/c1-12-3-8-19(24-11-12)15-6-4-14(5-7-15)13(2)16-9-17(21)20(23)18(22)10-16/h9-10,12-15,19H,3-8,11H2,1-2H3. The molecule has 3 unspecified atom stereocenters. The largest absolute Gasteiger partial charge is 0.378 e. The van der Waals surface area contributed by atoms with Crippen LogP contribution in [0, 0.1) is 35.2 Å². The molecule has 1 aliphatic carbocycles. The average molecular weight is 340 g/mol. The Kier molecular flexibility index (Phi) is 5.53. The van der Waals surface area contributed by atoms with Crippen molar-refractivity contribution in [3.8, 4) is 0 Å². The lowest BCUT2D eigenvalue weighted by Crippen LogP contribution is -2.34. The van der Waals surface area contributed by atoms with E-state index in [1.54, 1.807) is 0 Å². The summed E-state index contributed by atoms with van der Waals surface area (Å²) in [6.45, 7) is 5.10. The van der Waals surface area contributed by atoms with Gasteiger partial charge in [-0.05, 0) is 79.9 Å². The molecular formula is C20H27F3O. The SMILES string of the molecule is CC1CCC(C2CCC(C(C)c3cc(F)c(F)c(F)c3)CC2)OC1. The van der Waals surface area contributed by atoms with Gasteiger partial charge in [0.25, 0.3) is 0 Å². The molecule has 0 spiro atoms. The zero-order chi connectivity index (χ0) is 17.3. The molecule has 1 saturated carbocycles. The van der Waals surface area contributed by atoms with E-state index in [2.05, 4.69) is 6.92 Å². The van der Waals surface area contributed by atoms with Gasteiger partial charge in [0.15, 0.2) is 17.5 Å². The fraction of sp³-hybridized carbons (Fsp3) is 0.700. The third-order valence-electron chi connectivity index (χ3n) is 6.12. The van der Waals surface area contributed by atoms with Crippen LogP contribution in [0.4, 0.5) is 13.2 Å². The van der Waals surface area contributed by atoms with Crippen LogP contribution in [0.15, 0.2) is 12.1 Å². The third kappa shape index (κ3) is 3.79. The van der Waals surface area contributed by atoms with Crippen LogP contribution < -0.4 is 0 Å². The van der Waals surface area contributed by atoms with E-state index in [0.717, 1.165) is 50.8 Å². The molecule has 0 amide bonds. The molecule has 4 heteroatoms. The summed E-state index contributed by atoms with van der Waals surface area (Å²) in [4.78, 5) is 0. The van der Waals surface area contributed by atoms with Crippen molar-refractivity contribution in [2.24, 2.45) is 17.8 Å². The molecule has 1 aromatic rings. The van der Waals surface area contributed by atoms with E-state index >= 15 is 0 Å². The highest BCUT2D eigenvalue weighted by molar-refractivity contribution is 5.23. The lowest BCUT2D eigenvalue weighted by Gasteiger charge is -2.38. The van der Waals surface area contributed by atoms with Gasteiger partial charge in [0, 0.05) is 6.61 Å². The number of hydrogen-bond acceptors (Lipinski definition) is 1. The highest BCUT2D eigenvalue weighted by Gasteiger charge is 2.33. The molecule has 1 aromatic carbocycles. The van der Waals surface area contributed by atoms with Gasteiger partial charge in [0.2, 0.25) is 0 Å². The van der Waals surface area contributed by atoms with Gasteiger partial charge in [-0.1, -0.05) is 13.8 Å². The summed E-state index contributed by atoms with van der Waals surface area (Å²) in [7, 11) is 0. The predicted molar refractivity (Wildman–Crippen MR) is 88.3 cm³/mol. The maximum Gasteiger partial charge on any atom is 0.194 e. The van der Waals surface area contributed by atoms with Crippen molar-refractivity contribution >= 4 is 0 Å². The van der Waals surface area contributed by atoms with Crippen molar-refractivity contribution < 1.29 is 17.9 Å². The number of benzene rings is 1. The Morgan fingerprint density at radius 3 is 2.12 bits per heavy atom. The highest BCUT2D eigenvalue weighted by Crippen LogP contribution is 2.41. The van der Waals surface area contributed by atoms with E-state index in [0.29, 0.717) is 29.4 Å². The molecule has 0 bridgehead atoms. The van der Waals surface area contributed by atoms with Gasteiger partial charge < -0.3 is 4.74 Å². The van der Waals surface area contributed by atoms with E-state index in [1.165, 1.54) is 6.42 Å². The van der Waals surface area contributed by atoms with Gasteiger partial charge in [-0.25, -0.2) is 13.2 Å². The molecule has 1 aliphatic heterocycles. The van der Waals surface area contributed by atoms with Crippen molar-refractivity contribution in [3.63, 3.8) is 0 Å². The molecular weight excluding hydrogens is 313 g/mol. The van der Waals surface area contributed by atoms with Crippen LogP contribution in [0.1, 0.15) is 63.9 Å². The quantitative estimate of drug-likeness (QED) is 0.629. The first-order valence-electron chi connectivity index (χ1n) is 9.21. The smallest absolute Gasteiger partial charge is 0.194 e. The predicted octanol–water partition coefficient (Wildman–Crippen LogP) is 5.83. The topological polar surface area (TPSA) is 9.23 Å². The molecule has 0 N–H and O–H groups in total. The zero-order valence-corrected chi connectivity index (χ0v) is 14.5. The molecule has 1 heterocycles. The van der Waals surface area contributed by atoms with E-state index in [-0.39, 0.29) is 5.92 Å². The second kappa shape index (κ2) is 7.47. The van der Waals surface area contributed by atoms with Crippen LogP contribution in [0.3, 0.4) is 0 Å². The van der Waals surface area contributed by atoms with Crippen molar-refractivity contribution in [2.75, 3.05) is 6.61 Å². The fourth-order valence-electron chi connectivity index (χ4n) is 4.40. The molecule has 2 aliphatic rings. The minimum atomic E-state index is -1.38. The monoisotopic (exact) mass is 340 g/mol. The van der Waals surface area contributed by atoms with Crippen molar-refractivity contribution in [2.45, 2.75) is 64.4 Å². The number of rotatable bonds is 3. The van der Waals surface area contributed by atoms with Crippen LogP contribution in [-0.2, 0) is 4.74 Å². The number of halogens is 3. The Morgan fingerprint density at radius 2 is 1.58 bits per heavy atom. The minimum Gasteiger partial charge on any atom is -0.378 e. The summed E-state index contributed by atoms with van der Waals surface area (Å²) < 4.78 is 46.1. The number of ether oxygens (including phenoxy) is 1. The Hall–Kier alpha value is -1.03. The van der Waals surface area contributed by atoms with Crippen LogP contribution in [0.5, 0.6) is 0 Å². The lowest BCUT2D eigenvalue weighted by molar-refractivity contribution is -0.0549. The molecule has 24 heavy (non-hydrogen) atoms. The van der Waals surface area contributed by atoms with E-state index < -0.39 is 17.5 Å². The normalized spacial score (nSPS) is 32.5. The van der Waals surface area contributed by atoms with Gasteiger partial charge in [-0.2, -0.15) is 0 Å². The molecule has 3 atom stereocenters. The minimum absolute atomic E-state index is 0.0443. The van der Waals surface area contributed by atoms with E-state index in [1.807, 2.05) is 6.92 Å². The summed E-state index contributed by atoms with van der Waals surface area (Å²) in [5, 5.41) is 0. The summed E-state index contributed by atoms with van der Waals surface area (Å²) in [5.74, 6) is -1.83. The third-order valence-corrected chi connectivity index (χ3v) is 6.12. The van der Waals surface area contributed by atoms with Gasteiger partial charge in [-0.15, -0.1) is 0 Å². The van der Waals surface area contributed by atoms with Crippen molar-refractivity contribution in [3.05, 3.63) is 35.1 Å². The molecule has 0 radical (unpaired) electrons. The average Bonchev–Trinajstić information content (AvgIpc) is 2.59. The summed E-state index contributed by atoms with van der Waals surface area (Å²) in [5.41, 5.74) is 0.567. The highest BCUT2D eigenvalue weighted by atomic mass is 19.2. The van der Waals surface area contributed by atoms with E-state index in [4.69, 9.17) is 4.74 Å². The first-order chi connectivity index (χ1) is 11.5. The van der Waals surface area contributed by atoms with Crippen LogP contribution in [0.25, 0.3) is 0 Å². The van der Waals surface area contributed by atoms with Crippen LogP contribution in [0.2, 0.25) is 0 Å². The number of hydrogen-bond donors (Lipinski definition) is 0. The molecule has 1 nitrogen and oxygen atoms in total. The Bertz CT molecular complexity index is 535. The fourth-order valence-corrected chi connectivity index (χ4v) is 4.40. The van der Waals surface area contributed by atoms with Gasteiger partial charge in [0.05, 0.1) is 6.10 Å². The van der Waals surface area contributed by atoms with Gasteiger partial charge in [-0.3, -0.25) is 0 Å². The summed E-state index contributed by atoms with van der Waals surface area (Å²) >= 11 is 0. The molecule has 134 valence electrons. The Balaban J connectivity index is 1.58. The Labute approximate surface area is 142 Å². The van der Waals surface area contributed by atoms with Gasteiger partial charge in [0.1, 0.15) is 0 Å². The molecule has 2 fully saturated rings. The summed E-state index contributed by atoms with van der Waals surface area (Å²) in [6, 6.07) is 2.31. The second-order valence-electron chi connectivity index (χ2n) is 7.82. The van der Waals surface area contributed by atoms with Gasteiger partial charge >= 0.3 is 0 Å². The van der Waals surface area contributed by atoms with Crippen molar-refractivity contribution in [1.29, 1.82) is 0 Å². The molecule has 3 rings (SSSR count). The first kappa shape index (κ1) is 17.8. The van der Waals surface area contributed by atoms with Crippen molar-refractivity contribution in [1.82, 2.24) is 0 Å². The second-order valence-corrected chi connectivity index (χ2v) is 7.82. The first-order valence-corrected chi connectivity index (χ1v) is 9.21. The summed E-state index contributed by atoms with van der Waals surface area (Å²) in [6.07, 6.45) is 7.10. The lowest BCUT2D eigenvalue weighted by atomic mass is 9.72.